The third-order valence-corrected chi connectivity index (χ3v) is 0.791. The Hall–Kier alpha value is -0.900. The number of Topliss-reactive ketones (excluding diaryl/α,β-unsaturated/α-hetero) is 1. The number of rotatable bonds is 4. The van der Waals surface area contributed by atoms with Gasteiger partial charge in [-0.15, -0.1) is 0 Å². The molecular formula is C5H8O4. The van der Waals surface area contributed by atoms with Gasteiger partial charge in [-0.3, -0.25) is 9.59 Å². The molecule has 0 heterocycles. The molecule has 9 heavy (non-hydrogen) atoms. The first-order valence-corrected chi connectivity index (χ1v) is 2.42. The highest BCUT2D eigenvalue weighted by atomic mass is 16.5. The Balaban J connectivity index is 3.37. The molecule has 0 bridgehead atoms. The van der Waals surface area contributed by atoms with Crippen LogP contribution in [0.15, 0.2) is 0 Å². The first-order valence-electron chi connectivity index (χ1n) is 2.42. The summed E-state index contributed by atoms with van der Waals surface area (Å²) in [6, 6.07) is 0. The summed E-state index contributed by atoms with van der Waals surface area (Å²) in [7, 11) is 0. The van der Waals surface area contributed by atoms with Gasteiger partial charge in [-0.05, 0) is 6.92 Å². The number of hydrogen-bond acceptors (Lipinski definition) is 4. The summed E-state index contributed by atoms with van der Waals surface area (Å²) in [5.41, 5.74) is 0. The molecule has 0 spiro atoms. The first kappa shape index (κ1) is 8.10. The lowest BCUT2D eigenvalue weighted by Gasteiger charge is -2.02. The van der Waals surface area contributed by atoms with Crippen molar-refractivity contribution < 1.29 is 19.4 Å². The summed E-state index contributed by atoms with van der Waals surface area (Å²) in [4.78, 5) is 19.7. The lowest BCUT2D eigenvalue weighted by molar-refractivity contribution is -0.136. The number of ketones is 1. The van der Waals surface area contributed by atoms with Gasteiger partial charge in [0.25, 0.3) is 6.47 Å². The largest absolute Gasteiger partial charge is 0.465 e. The van der Waals surface area contributed by atoms with E-state index < -0.39 is 11.9 Å². The predicted octanol–water partition coefficient (Wildman–Crippen LogP) is -0.891. The van der Waals surface area contributed by atoms with Gasteiger partial charge in [0.2, 0.25) is 0 Å². The van der Waals surface area contributed by atoms with Gasteiger partial charge >= 0.3 is 0 Å². The van der Waals surface area contributed by atoms with Gasteiger partial charge in [0.1, 0.15) is 12.7 Å². The van der Waals surface area contributed by atoms with E-state index in [0.29, 0.717) is 0 Å². The van der Waals surface area contributed by atoms with Gasteiger partial charge in [0, 0.05) is 0 Å². The van der Waals surface area contributed by atoms with Crippen molar-refractivity contribution in [3.63, 3.8) is 0 Å². The van der Waals surface area contributed by atoms with Crippen LogP contribution in [0.2, 0.25) is 0 Å². The number of aliphatic hydroxyl groups excluding tert-OH is 1. The van der Waals surface area contributed by atoms with E-state index in [1.54, 1.807) is 0 Å². The number of ether oxygens (including phenoxy) is 1. The van der Waals surface area contributed by atoms with Gasteiger partial charge < -0.3 is 9.84 Å². The Kier molecular flexibility index (Phi) is 3.62. The van der Waals surface area contributed by atoms with Crippen molar-refractivity contribution in [1.29, 1.82) is 0 Å². The van der Waals surface area contributed by atoms with E-state index in [9.17, 15) is 9.59 Å². The number of carbonyl (C=O) groups is 2. The molecule has 0 aliphatic rings. The zero-order valence-corrected chi connectivity index (χ0v) is 5.03. The minimum absolute atomic E-state index is 0.187. The van der Waals surface area contributed by atoms with Crippen molar-refractivity contribution in [2.45, 2.75) is 13.0 Å². The Labute approximate surface area is 52.4 Å². The zero-order chi connectivity index (χ0) is 7.28. The Morgan fingerprint density at radius 1 is 1.89 bits per heavy atom. The van der Waals surface area contributed by atoms with Crippen LogP contribution in [0.4, 0.5) is 0 Å². The van der Waals surface area contributed by atoms with Crippen LogP contribution in [0, 0.1) is 0 Å². The van der Waals surface area contributed by atoms with Crippen LogP contribution in [0.5, 0.6) is 0 Å². The first-order chi connectivity index (χ1) is 4.18. The molecule has 0 aliphatic carbocycles. The summed E-state index contributed by atoms with van der Waals surface area (Å²) in [6.45, 7) is 1.16. The molecule has 1 unspecified atom stereocenters. The predicted molar refractivity (Wildman–Crippen MR) is 28.7 cm³/mol. The lowest BCUT2D eigenvalue weighted by Crippen LogP contribution is -2.22. The van der Waals surface area contributed by atoms with Crippen LogP contribution in [0.1, 0.15) is 6.92 Å². The van der Waals surface area contributed by atoms with Gasteiger partial charge in [-0.2, -0.15) is 0 Å². The highest BCUT2D eigenvalue weighted by Crippen LogP contribution is 1.83. The van der Waals surface area contributed by atoms with Crippen LogP contribution in [0.25, 0.3) is 0 Å². The molecule has 52 valence electrons. The third-order valence-electron chi connectivity index (χ3n) is 0.791. The quantitative estimate of drug-likeness (QED) is 0.504. The lowest BCUT2D eigenvalue weighted by atomic mass is 10.3. The smallest absolute Gasteiger partial charge is 0.293 e. The molecule has 0 aromatic rings. The summed E-state index contributed by atoms with van der Waals surface area (Å²) in [5, 5.41) is 8.62. The Morgan fingerprint density at radius 3 is 2.78 bits per heavy atom. The van der Waals surface area contributed by atoms with Crippen molar-refractivity contribution in [3.05, 3.63) is 0 Å². The second-order valence-electron chi connectivity index (χ2n) is 1.56. The van der Waals surface area contributed by atoms with Crippen LogP contribution in [-0.2, 0) is 14.3 Å². The molecule has 0 saturated heterocycles. The number of aliphatic hydroxyl groups is 1. The highest BCUT2D eigenvalue weighted by molar-refractivity contribution is 5.80. The minimum Gasteiger partial charge on any atom is -0.465 e. The SMILES string of the molecule is CC(=O)C(O)COC=O. The molecule has 0 aromatic heterocycles. The Bertz CT molecular complexity index is 110. The van der Waals surface area contributed by atoms with Crippen LogP contribution < -0.4 is 0 Å². The fourth-order valence-electron chi connectivity index (χ4n) is 0.248. The van der Waals surface area contributed by atoms with E-state index in [1.807, 2.05) is 0 Å². The molecule has 0 saturated carbocycles. The fourth-order valence-corrected chi connectivity index (χ4v) is 0.248. The van der Waals surface area contributed by atoms with E-state index in [4.69, 9.17) is 5.11 Å². The molecule has 4 nitrogen and oxygen atoms in total. The van der Waals surface area contributed by atoms with Gasteiger partial charge in [0.05, 0.1) is 0 Å². The van der Waals surface area contributed by atoms with Crippen molar-refractivity contribution in [1.82, 2.24) is 0 Å². The van der Waals surface area contributed by atoms with Crippen molar-refractivity contribution in [2.75, 3.05) is 6.61 Å². The maximum Gasteiger partial charge on any atom is 0.293 e. The van der Waals surface area contributed by atoms with E-state index >= 15 is 0 Å². The molecular weight excluding hydrogens is 124 g/mol. The molecule has 1 N–H and O–H groups in total. The second kappa shape index (κ2) is 4.03. The molecule has 0 aromatic carbocycles. The summed E-state index contributed by atoms with van der Waals surface area (Å²) >= 11 is 0. The minimum atomic E-state index is -1.17. The highest BCUT2D eigenvalue weighted by Gasteiger charge is 2.08. The van der Waals surface area contributed by atoms with E-state index in [0.717, 1.165) is 0 Å². The molecule has 0 amide bonds. The zero-order valence-electron chi connectivity index (χ0n) is 5.03. The number of carbonyl (C=O) groups excluding carboxylic acids is 2. The van der Waals surface area contributed by atoms with Crippen LogP contribution in [-0.4, -0.2) is 30.1 Å². The fraction of sp³-hybridized carbons (Fsp3) is 0.600. The van der Waals surface area contributed by atoms with E-state index in [2.05, 4.69) is 4.74 Å². The molecule has 1 atom stereocenters. The van der Waals surface area contributed by atoms with Crippen LogP contribution >= 0.6 is 0 Å². The Morgan fingerprint density at radius 2 is 2.44 bits per heavy atom. The van der Waals surface area contributed by atoms with E-state index in [-0.39, 0.29) is 13.1 Å². The maximum absolute atomic E-state index is 10.2. The van der Waals surface area contributed by atoms with Crippen molar-refractivity contribution in [3.8, 4) is 0 Å². The average molecular weight is 132 g/mol. The molecule has 0 radical (unpaired) electrons. The normalized spacial score (nSPS) is 12.2. The number of hydrogen-bond donors (Lipinski definition) is 1. The van der Waals surface area contributed by atoms with Crippen molar-refractivity contribution >= 4 is 12.3 Å². The van der Waals surface area contributed by atoms with E-state index in [1.165, 1.54) is 6.92 Å². The summed E-state index contributed by atoms with van der Waals surface area (Å²) in [6.07, 6.45) is -1.17. The second-order valence-corrected chi connectivity index (χ2v) is 1.56. The average Bonchev–Trinajstić information content (AvgIpc) is 1.82. The molecule has 0 aliphatic heterocycles. The third kappa shape index (κ3) is 3.66. The standard InChI is InChI=1S/C5H8O4/c1-4(7)5(8)2-9-3-6/h3,5,8H,2H2,1H3. The van der Waals surface area contributed by atoms with Crippen LogP contribution in [0.3, 0.4) is 0 Å². The monoisotopic (exact) mass is 132 g/mol. The topological polar surface area (TPSA) is 63.6 Å². The van der Waals surface area contributed by atoms with Gasteiger partial charge in [0.15, 0.2) is 5.78 Å². The molecule has 0 fully saturated rings. The molecule has 4 heteroatoms. The maximum atomic E-state index is 10.2. The van der Waals surface area contributed by atoms with Gasteiger partial charge in [-0.1, -0.05) is 0 Å². The van der Waals surface area contributed by atoms with Crippen molar-refractivity contribution in [2.24, 2.45) is 0 Å². The summed E-state index contributed by atoms with van der Waals surface area (Å²) < 4.78 is 4.11. The summed E-state index contributed by atoms with van der Waals surface area (Å²) in [5.74, 6) is -0.406. The molecule has 0 rings (SSSR count). The van der Waals surface area contributed by atoms with Gasteiger partial charge in [-0.25, -0.2) is 0 Å².